The predicted molar refractivity (Wildman–Crippen MR) is 143 cm³/mol. The third kappa shape index (κ3) is 5.96. The van der Waals surface area contributed by atoms with Gasteiger partial charge in [0.1, 0.15) is 6.04 Å². The minimum atomic E-state index is -0.302. The smallest absolute Gasteiger partial charge is 0.249 e. The van der Waals surface area contributed by atoms with Crippen LogP contribution in [0, 0.1) is 0 Å². The van der Waals surface area contributed by atoms with Gasteiger partial charge in [-0.15, -0.1) is 0 Å². The highest BCUT2D eigenvalue weighted by atomic mass is 16.5. The van der Waals surface area contributed by atoms with E-state index in [0.29, 0.717) is 31.3 Å². The molecule has 1 N–H and O–H groups in total. The lowest BCUT2D eigenvalue weighted by Gasteiger charge is -2.29. The maximum Gasteiger partial charge on any atom is 0.249 e. The highest BCUT2D eigenvalue weighted by Gasteiger charge is 2.40. The first-order valence-electron chi connectivity index (χ1n) is 13.2. The monoisotopic (exact) mass is 501 g/mol. The number of nitrogens with zero attached hydrogens (tertiary/aromatic N) is 4. The molecule has 0 saturated carbocycles. The molecule has 3 aromatic rings. The molecule has 5 rings (SSSR count). The van der Waals surface area contributed by atoms with Crippen molar-refractivity contribution in [2.75, 3.05) is 13.7 Å². The summed E-state index contributed by atoms with van der Waals surface area (Å²) in [5, 5.41) is 2.95. The summed E-state index contributed by atoms with van der Waals surface area (Å²) < 4.78 is 14.1. The first-order valence-corrected chi connectivity index (χ1v) is 13.2. The Labute approximate surface area is 218 Å². The van der Waals surface area contributed by atoms with Gasteiger partial charge in [-0.1, -0.05) is 56.0 Å². The molecule has 1 atom stereocenters. The van der Waals surface area contributed by atoms with E-state index in [1.165, 1.54) is 25.7 Å². The van der Waals surface area contributed by atoms with E-state index in [1.807, 2.05) is 66.1 Å². The highest BCUT2D eigenvalue weighted by molar-refractivity contribution is 6.08. The molecule has 194 valence electrons. The summed E-state index contributed by atoms with van der Waals surface area (Å²) >= 11 is 0. The molecule has 2 aliphatic heterocycles. The maximum atomic E-state index is 12.8. The number of aromatic nitrogens is 2. The largest absolute Gasteiger partial charge is 0.492 e. The van der Waals surface area contributed by atoms with Gasteiger partial charge in [-0.25, -0.2) is 9.98 Å². The first-order chi connectivity index (χ1) is 18.2. The van der Waals surface area contributed by atoms with Crippen LogP contribution in [0.2, 0.25) is 0 Å². The minimum absolute atomic E-state index is 0.0208. The Bertz CT molecular complexity index is 1210. The lowest BCUT2D eigenvalue weighted by molar-refractivity contribution is -0.121. The topological polar surface area (TPSA) is 81.0 Å². The van der Waals surface area contributed by atoms with Gasteiger partial charge in [-0.3, -0.25) is 10.1 Å². The molecule has 0 spiro atoms. The van der Waals surface area contributed by atoms with Gasteiger partial charge in [-0.05, 0) is 30.5 Å². The van der Waals surface area contributed by atoms with Crippen molar-refractivity contribution in [3.63, 3.8) is 0 Å². The molecule has 1 unspecified atom stereocenters. The molecule has 37 heavy (non-hydrogen) atoms. The number of aryl methyl sites for hydroxylation is 1. The van der Waals surface area contributed by atoms with E-state index >= 15 is 0 Å². The lowest BCUT2D eigenvalue weighted by Crippen LogP contribution is -2.38. The van der Waals surface area contributed by atoms with Crippen LogP contribution in [-0.2, 0) is 24.3 Å². The second-order valence-electron chi connectivity index (χ2n) is 9.62. The highest BCUT2D eigenvalue weighted by Crippen LogP contribution is 2.41. The number of imidazole rings is 1. The molecule has 3 heterocycles. The number of hydrogen-bond acceptors (Lipinski definition) is 6. The molecule has 2 aliphatic rings. The van der Waals surface area contributed by atoms with E-state index in [2.05, 4.69) is 14.9 Å². The van der Waals surface area contributed by atoms with E-state index in [-0.39, 0.29) is 11.9 Å². The number of carbonyl (C=O) groups excluding carboxylic acids is 1. The van der Waals surface area contributed by atoms with Crippen molar-refractivity contribution < 1.29 is 14.3 Å². The van der Waals surface area contributed by atoms with Crippen molar-refractivity contribution in [1.29, 1.82) is 0 Å². The van der Waals surface area contributed by atoms with Crippen LogP contribution in [0.5, 0.6) is 11.5 Å². The van der Waals surface area contributed by atoms with Crippen molar-refractivity contribution in [2.45, 2.75) is 64.1 Å². The van der Waals surface area contributed by atoms with Gasteiger partial charge in [-0.2, -0.15) is 0 Å². The van der Waals surface area contributed by atoms with E-state index in [9.17, 15) is 4.79 Å². The van der Waals surface area contributed by atoms with E-state index in [1.54, 1.807) is 7.11 Å². The molecule has 2 aromatic carbocycles. The fraction of sp³-hybridized carbons (Fsp3) is 0.414. The number of nitrogens with one attached hydrogen (secondary N) is 1. The molecular formula is C29H35N5O3. The molecule has 0 bridgehead atoms. The Morgan fingerprint density at radius 2 is 1.84 bits per heavy atom. The van der Waals surface area contributed by atoms with Crippen LogP contribution >= 0.6 is 0 Å². The summed E-state index contributed by atoms with van der Waals surface area (Å²) in [4.78, 5) is 23.6. The number of ether oxygens (including phenoxy) is 2. The molecule has 1 saturated heterocycles. The van der Waals surface area contributed by atoms with Crippen LogP contribution in [0.4, 0.5) is 5.69 Å². The molecule has 1 aromatic heterocycles. The van der Waals surface area contributed by atoms with Gasteiger partial charge < -0.3 is 18.9 Å². The van der Waals surface area contributed by atoms with Crippen molar-refractivity contribution in [3.8, 4) is 11.5 Å². The van der Waals surface area contributed by atoms with Gasteiger partial charge in [0.05, 0.1) is 32.3 Å². The van der Waals surface area contributed by atoms with Crippen molar-refractivity contribution >= 4 is 17.6 Å². The van der Waals surface area contributed by atoms with Crippen molar-refractivity contribution in [1.82, 2.24) is 19.8 Å². The number of unbranched alkanes of at least 4 members (excludes halogenated alkanes) is 5. The van der Waals surface area contributed by atoms with Crippen LogP contribution in [0.15, 0.2) is 66.2 Å². The number of rotatable bonds is 13. The summed E-state index contributed by atoms with van der Waals surface area (Å²) in [6.45, 7) is 2.24. The van der Waals surface area contributed by atoms with E-state index in [4.69, 9.17) is 14.5 Å². The normalized spacial score (nSPS) is 16.1. The lowest BCUT2D eigenvalue weighted by atomic mass is 10.0. The standard InChI is InChI=1S/C29H35N5O3/c1-36-27-23-20-34-25(19-22-11-7-6-8-12-22)28(35)32-29(34)31-24(23)13-14-26(27)37-18-10-5-3-2-4-9-16-33-17-15-30-21-33/h6-8,11-15,17,21,25H,2-5,9-10,16,18-20H2,1H3,(H,31,32,35). The average Bonchev–Trinajstić information content (AvgIpc) is 3.54. The summed E-state index contributed by atoms with van der Waals surface area (Å²) in [7, 11) is 1.67. The maximum absolute atomic E-state index is 12.8. The number of carbonyl (C=O) groups is 1. The van der Waals surface area contributed by atoms with Gasteiger partial charge in [0.25, 0.3) is 0 Å². The zero-order chi connectivity index (χ0) is 25.5. The quantitative estimate of drug-likeness (QED) is 0.339. The number of hydrogen-bond donors (Lipinski definition) is 1. The number of guanidine groups is 1. The number of amides is 1. The Hall–Kier alpha value is -3.81. The predicted octanol–water partition coefficient (Wildman–Crippen LogP) is 4.86. The number of benzene rings is 2. The van der Waals surface area contributed by atoms with Crippen molar-refractivity contribution in [3.05, 3.63) is 72.3 Å². The molecule has 8 heteroatoms. The zero-order valence-electron chi connectivity index (χ0n) is 21.4. The van der Waals surface area contributed by atoms with Crippen LogP contribution in [0.25, 0.3) is 0 Å². The second-order valence-corrected chi connectivity index (χ2v) is 9.62. The summed E-state index contributed by atoms with van der Waals surface area (Å²) in [5.41, 5.74) is 2.89. The summed E-state index contributed by atoms with van der Waals surface area (Å²) in [5.74, 6) is 2.03. The first kappa shape index (κ1) is 24.9. The molecule has 8 nitrogen and oxygen atoms in total. The van der Waals surface area contributed by atoms with Gasteiger partial charge in [0, 0.05) is 30.9 Å². The third-order valence-corrected chi connectivity index (χ3v) is 7.04. The Balaban J connectivity index is 1.13. The summed E-state index contributed by atoms with van der Waals surface area (Å²) in [6.07, 6.45) is 13.4. The fourth-order valence-electron chi connectivity index (χ4n) is 5.05. The number of aliphatic imine (C=N–C) groups is 1. The number of methoxy groups -OCH3 is 1. The molecule has 1 amide bonds. The molecule has 0 aliphatic carbocycles. The van der Waals surface area contributed by atoms with Crippen LogP contribution in [-0.4, -0.2) is 46.1 Å². The Kier molecular flexibility index (Phi) is 8.03. The summed E-state index contributed by atoms with van der Waals surface area (Å²) in [6, 6.07) is 13.7. The van der Waals surface area contributed by atoms with Gasteiger partial charge >= 0.3 is 0 Å². The van der Waals surface area contributed by atoms with Gasteiger partial charge in [0.2, 0.25) is 11.9 Å². The van der Waals surface area contributed by atoms with Crippen LogP contribution in [0.1, 0.15) is 49.7 Å². The molecule has 0 radical (unpaired) electrons. The van der Waals surface area contributed by atoms with E-state index < -0.39 is 0 Å². The molecular weight excluding hydrogens is 466 g/mol. The average molecular weight is 502 g/mol. The fourth-order valence-corrected chi connectivity index (χ4v) is 5.05. The zero-order valence-corrected chi connectivity index (χ0v) is 21.4. The SMILES string of the molecule is COc1c(OCCCCCCCCn2ccnc2)ccc2c1CN1C(=N2)NC(=O)C1Cc1ccccc1. The van der Waals surface area contributed by atoms with Crippen LogP contribution < -0.4 is 14.8 Å². The molecule has 1 fully saturated rings. The Morgan fingerprint density at radius 1 is 1.03 bits per heavy atom. The van der Waals surface area contributed by atoms with Crippen LogP contribution in [0.3, 0.4) is 0 Å². The van der Waals surface area contributed by atoms with Gasteiger partial charge in [0.15, 0.2) is 11.5 Å². The second kappa shape index (κ2) is 12.0. The minimum Gasteiger partial charge on any atom is -0.492 e. The Morgan fingerprint density at radius 3 is 2.62 bits per heavy atom. The number of fused-ring (bicyclic) bond motifs is 2. The van der Waals surface area contributed by atoms with E-state index in [0.717, 1.165) is 42.0 Å². The van der Waals surface area contributed by atoms with Crippen molar-refractivity contribution in [2.24, 2.45) is 4.99 Å². The third-order valence-electron chi connectivity index (χ3n) is 7.04.